The molecular weight excluding hydrogens is 260 g/mol. The molecule has 0 unspecified atom stereocenters. The van der Waals surface area contributed by atoms with Crippen molar-refractivity contribution >= 4 is 12.6 Å². The molecule has 0 aromatic heterocycles. The first-order valence-corrected chi connectivity index (χ1v) is 6.96. The molecule has 20 heavy (non-hydrogen) atoms. The van der Waals surface area contributed by atoms with Gasteiger partial charge < -0.3 is 14.8 Å². The van der Waals surface area contributed by atoms with E-state index in [9.17, 15) is 4.39 Å². The Morgan fingerprint density at radius 2 is 2.10 bits per heavy atom. The van der Waals surface area contributed by atoms with Gasteiger partial charge in [0.15, 0.2) is 0 Å². The average Bonchev–Trinajstić information content (AvgIpc) is 3.18. The van der Waals surface area contributed by atoms with E-state index in [2.05, 4.69) is 0 Å². The number of halogens is 1. The summed E-state index contributed by atoms with van der Waals surface area (Å²) in [6.07, 6.45) is 2.57. The van der Waals surface area contributed by atoms with Crippen molar-refractivity contribution in [2.45, 2.75) is 19.4 Å². The molecule has 0 radical (unpaired) electrons. The van der Waals surface area contributed by atoms with Crippen LogP contribution in [0.15, 0.2) is 18.2 Å². The first kappa shape index (κ1) is 15.4. The van der Waals surface area contributed by atoms with Gasteiger partial charge in [-0.15, -0.1) is 0 Å². The van der Waals surface area contributed by atoms with E-state index < -0.39 is 12.9 Å². The first-order valence-electron chi connectivity index (χ1n) is 6.96. The van der Waals surface area contributed by atoms with Gasteiger partial charge in [0.25, 0.3) is 0 Å². The maximum absolute atomic E-state index is 13.4. The van der Waals surface area contributed by atoms with Crippen molar-refractivity contribution in [3.63, 3.8) is 0 Å². The van der Waals surface area contributed by atoms with E-state index in [1.165, 1.54) is 18.9 Å². The Kier molecular flexibility index (Phi) is 5.54. The van der Waals surface area contributed by atoms with Crippen LogP contribution in [0.3, 0.4) is 0 Å². The molecule has 6 heteroatoms. The highest BCUT2D eigenvalue weighted by atomic mass is 19.1. The second kappa shape index (κ2) is 7.17. The van der Waals surface area contributed by atoms with E-state index in [0.29, 0.717) is 13.2 Å². The standard InChI is InChI=1S/C14H21BFNO3/c1-17(4-5-20-10-11-2-3-11)9-12-6-13(15(18)19)8-14(16)7-12/h6-8,11,18-19H,2-5,9-10H2,1H3. The van der Waals surface area contributed by atoms with Gasteiger partial charge in [-0.1, -0.05) is 6.07 Å². The molecule has 2 N–H and O–H groups in total. The molecule has 0 spiro atoms. The lowest BCUT2D eigenvalue weighted by atomic mass is 9.79. The van der Waals surface area contributed by atoms with E-state index in [4.69, 9.17) is 14.8 Å². The van der Waals surface area contributed by atoms with E-state index in [1.807, 2.05) is 11.9 Å². The lowest BCUT2D eigenvalue weighted by Crippen LogP contribution is -2.31. The van der Waals surface area contributed by atoms with Gasteiger partial charge in [0, 0.05) is 19.7 Å². The number of ether oxygens (including phenoxy) is 1. The highest BCUT2D eigenvalue weighted by Crippen LogP contribution is 2.28. The van der Waals surface area contributed by atoms with Crippen LogP contribution in [0.5, 0.6) is 0 Å². The fourth-order valence-corrected chi connectivity index (χ4v) is 2.06. The van der Waals surface area contributed by atoms with Crippen molar-refractivity contribution in [2.75, 3.05) is 26.8 Å². The minimum absolute atomic E-state index is 0.179. The smallest absolute Gasteiger partial charge is 0.423 e. The Morgan fingerprint density at radius 1 is 1.35 bits per heavy atom. The Bertz CT molecular complexity index is 440. The molecule has 1 saturated carbocycles. The van der Waals surface area contributed by atoms with Gasteiger partial charge >= 0.3 is 7.12 Å². The van der Waals surface area contributed by atoms with Gasteiger partial charge in [0.05, 0.1) is 6.61 Å². The maximum Gasteiger partial charge on any atom is 0.488 e. The fourth-order valence-electron chi connectivity index (χ4n) is 2.06. The zero-order valence-corrected chi connectivity index (χ0v) is 11.8. The number of hydrogen-bond donors (Lipinski definition) is 2. The van der Waals surface area contributed by atoms with Crippen LogP contribution >= 0.6 is 0 Å². The van der Waals surface area contributed by atoms with Gasteiger partial charge in [-0.05, 0) is 49.0 Å². The molecular formula is C14H21BFNO3. The van der Waals surface area contributed by atoms with Gasteiger partial charge in [0.2, 0.25) is 0 Å². The molecule has 0 aliphatic heterocycles. The molecule has 1 aliphatic rings. The second-order valence-corrected chi connectivity index (χ2v) is 5.52. The topological polar surface area (TPSA) is 52.9 Å². The molecule has 0 amide bonds. The van der Waals surface area contributed by atoms with Crippen molar-refractivity contribution in [1.82, 2.24) is 4.90 Å². The minimum Gasteiger partial charge on any atom is -0.423 e. The number of likely N-dealkylation sites (N-methyl/N-ethyl adjacent to an activating group) is 1. The Labute approximate surface area is 119 Å². The van der Waals surface area contributed by atoms with Crippen LogP contribution in [0.25, 0.3) is 0 Å². The van der Waals surface area contributed by atoms with E-state index >= 15 is 0 Å². The number of hydrogen-bond acceptors (Lipinski definition) is 4. The predicted octanol–water partition coefficient (Wildman–Crippen LogP) is 0.364. The molecule has 1 aliphatic carbocycles. The Hall–Kier alpha value is -0.945. The summed E-state index contributed by atoms with van der Waals surface area (Å²) >= 11 is 0. The van der Waals surface area contributed by atoms with Crippen LogP contribution in [0.4, 0.5) is 4.39 Å². The molecule has 0 saturated heterocycles. The third-order valence-electron chi connectivity index (χ3n) is 3.40. The number of benzene rings is 1. The third-order valence-corrected chi connectivity index (χ3v) is 3.40. The van der Waals surface area contributed by atoms with Gasteiger partial charge in [-0.3, -0.25) is 4.90 Å². The molecule has 1 aromatic carbocycles. The van der Waals surface area contributed by atoms with Crippen LogP contribution in [0.1, 0.15) is 18.4 Å². The summed E-state index contributed by atoms with van der Waals surface area (Å²) in [5, 5.41) is 18.2. The largest absolute Gasteiger partial charge is 0.488 e. The monoisotopic (exact) mass is 281 g/mol. The quantitative estimate of drug-likeness (QED) is 0.534. The summed E-state index contributed by atoms with van der Waals surface area (Å²) in [6.45, 7) is 2.82. The fraction of sp³-hybridized carbons (Fsp3) is 0.571. The van der Waals surface area contributed by atoms with Gasteiger partial charge in [-0.2, -0.15) is 0 Å². The van der Waals surface area contributed by atoms with Gasteiger partial charge in [0.1, 0.15) is 5.82 Å². The van der Waals surface area contributed by atoms with Crippen LogP contribution in [-0.4, -0.2) is 48.9 Å². The summed E-state index contributed by atoms with van der Waals surface area (Å²) in [5.74, 6) is 0.307. The molecule has 0 atom stereocenters. The molecule has 110 valence electrons. The van der Waals surface area contributed by atoms with Crippen LogP contribution in [-0.2, 0) is 11.3 Å². The van der Waals surface area contributed by atoms with E-state index in [-0.39, 0.29) is 5.46 Å². The van der Waals surface area contributed by atoms with Crippen LogP contribution in [0.2, 0.25) is 0 Å². The predicted molar refractivity (Wildman–Crippen MR) is 76.1 cm³/mol. The summed E-state index contributed by atoms with van der Waals surface area (Å²) in [6, 6.07) is 4.15. The molecule has 1 aromatic rings. The normalized spacial score (nSPS) is 14.8. The molecule has 0 bridgehead atoms. The van der Waals surface area contributed by atoms with E-state index in [1.54, 1.807) is 6.07 Å². The lowest BCUT2D eigenvalue weighted by molar-refractivity contribution is 0.102. The summed E-state index contributed by atoms with van der Waals surface area (Å²) in [4.78, 5) is 2.02. The summed E-state index contributed by atoms with van der Waals surface area (Å²) in [5.41, 5.74) is 0.899. The van der Waals surface area contributed by atoms with Crippen LogP contribution in [0, 0.1) is 11.7 Å². The van der Waals surface area contributed by atoms with Crippen molar-refractivity contribution in [3.05, 3.63) is 29.6 Å². The van der Waals surface area contributed by atoms with Crippen molar-refractivity contribution < 1.29 is 19.2 Å². The highest BCUT2D eigenvalue weighted by Gasteiger charge is 2.21. The minimum atomic E-state index is -1.64. The number of nitrogens with zero attached hydrogens (tertiary/aromatic N) is 1. The van der Waals surface area contributed by atoms with Crippen LogP contribution < -0.4 is 5.46 Å². The highest BCUT2D eigenvalue weighted by molar-refractivity contribution is 6.58. The summed E-state index contributed by atoms with van der Waals surface area (Å²) in [7, 11) is 0.289. The molecule has 1 fully saturated rings. The Morgan fingerprint density at radius 3 is 2.75 bits per heavy atom. The molecule has 2 rings (SSSR count). The van der Waals surface area contributed by atoms with Crippen molar-refractivity contribution in [3.8, 4) is 0 Å². The van der Waals surface area contributed by atoms with Crippen molar-refractivity contribution in [2.24, 2.45) is 5.92 Å². The zero-order chi connectivity index (χ0) is 14.5. The molecule has 0 heterocycles. The van der Waals surface area contributed by atoms with E-state index in [0.717, 1.165) is 30.7 Å². The second-order valence-electron chi connectivity index (χ2n) is 5.52. The maximum atomic E-state index is 13.4. The summed E-state index contributed by atoms with van der Waals surface area (Å²) < 4.78 is 18.9. The third kappa shape index (κ3) is 5.21. The zero-order valence-electron chi connectivity index (χ0n) is 11.8. The average molecular weight is 281 g/mol. The lowest BCUT2D eigenvalue weighted by Gasteiger charge is -2.17. The molecule has 4 nitrogen and oxygen atoms in total. The van der Waals surface area contributed by atoms with Crippen molar-refractivity contribution in [1.29, 1.82) is 0 Å². The van der Waals surface area contributed by atoms with Gasteiger partial charge in [-0.25, -0.2) is 4.39 Å². The number of rotatable bonds is 8. The first-order chi connectivity index (χ1) is 9.54. The Balaban J connectivity index is 1.78. The SMILES string of the molecule is CN(CCOCC1CC1)Cc1cc(F)cc(B(O)O)c1.